The number of terminal acetylenes is 1. The molecule has 0 saturated carbocycles. The Morgan fingerprint density at radius 2 is 2.08 bits per heavy atom. The number of nitrogens with one attached hydrogen (secondary N) is 2. The van der Waals surface area contributed by atoms with E-state index in [1.807, 2.05) is 38.1 Å². The van der Waals surface area contributed by atoms with E-state index in [0.717, 1.165) is 11.3 Å². The Hall–Kier alpha value is -2.72. The first-order chi connectivity index (χ1) is 12.5. The molecule has 134 valence electrons. The zero-order chi connectivity index (χ0) is 18.7. The minimum Gasteiger partial charge on any atom is -0.491 e. The topological polar surface area (TPSA) is 84.1 Å². The van der Waals surface area contributed by atoms with Crippen LogP contribution in [0, 0.1) is 12.3 Å². The van der Waals surface area contributed by atoms with E-state index in [0.29, 0.717) is 22.3 Å². The predicted molar refractivity (Wildman–Crippen MR) is 102 cm³/mol. The van der Waals surface area contributed by atoms with Crippen LogP contribution in [0.25, 0.3) is 0 Å². The van der Waals surface area contributed by atoms with Crippen LogP contribution in [-0.4, -0.2) is 27.7 Å². The van der Waals surface area contributed by atoms with Gasteiger partial charge in [0.25, 0.3) is 5.56 Å². The van der Waals surface area contributed by atoms with E-state index in [4.69, 9.17) is 11.2 Å². The molecule has 1 aliphatic rings. The van der Waals surface area contributed by atoms with Crippen LogP contribution in [0.15, 0.2) is 34.2 Å². The molecule has 0 saturated heterocycles. The fourth-order valence-electron chi connectivity index (χ4n) is 2.86. The van der Waals surface area contributed by atoms with Crippen molar-refractivity contribution in [3.63, 3.8) is 0 Å². The molecule has 7 heteroatoms. The van der Waals surface area contributed by atoms with E-state index in [1.54, 1.807) is 0 Å². The lowest BCUT2D eigenvalue weighted by atomic mass is 9.87. The first-order valence-electron chi connectivity index (χ1n) is 8.25. The van der Waals surface area contributed by atoms with Gasteiger partial charge in [-0.3, -0.25) is 9.59 Å². The summed E-state index contributed by atoms with van der Waals surface area (Å²) < 4.78 is 5.65. The van der Waals surface area contributed by atoms with Crippen molar-refractivity contribution in [2.45, 2.75) is 37.4 Å². The maximum Gasteiger partial charge on any atom is 0.257 e. The number of hydrogen-bond acceptors (Lipinski definition) is 5. The summed E-state index contributed by atoms with van der Waals surface area (Å²) in [6.45, 7) is 3.91. The summed E-state index contributed by atoms with van der Waals surface area (Å²) >= 11 is 1.24. The molecule has 0 unspecified atom stereocenters. The number of aromatic amines is 1. The number of aromatic nitrogens is 2. The number of H-pyrrole nitrogens is 1. The van der Waals surface area contributed by atoms with Gasteiger partial charge in [-0.05, 0) is 31.5 Å². The Kier molecular flexibility index (Phi) is 5.33. The van der Waals surface area contributed by atoms with Crippen molar-refractivity contribution < 1.29 is 9.53 Å². The first-order valence-corrected chi connectivity index (χ1v) is 9.23. The molecule has 2 heterocycles. The summed E-state index contributed by atoms with van der Waals surface area (Å²) in [6, 6.07) is 7.46. The molecule has 0 radical (unpaired) electrons. The van der Waals surface area contributed by atoms with Crippen LogP contribution in [0.4, 0.5) is 5.82 Å². The third-order valence-electron chi connectivity index (χ3n) is 3.88. The predicted octanol–water partition coefficient (Wildman–Crippen LogP) is 2.76. The SMILES string of the molecule is C#CCSc1nc2c(c(=O)[nH]1)[C@@H](c1ccc(OC(C)C)cc1)CC(=O)N2. The van der Waals surface area contributed by atoms with E-state index >= 15 is 0 Å². The number of fused-ring (bicyclic) bond motifs is 1. The van der Waals surface area contributed by atoms with Crippen molar-refractivity contribution in [3.05, 3.63) is 45.7 Å². The number of nitrogens with zero attached hydrogens (tertiary/aromatic N) is 1. The largest absolute Gasteiger partial charge is 0.491 e. The number of rotatable bonds is 5. The Bertz CT molecular complexity index is 913. The van der Waals surface area contributed by atoms with Crippen LogP contribution in [0.2, 0.25) is 0 Å². The lowest BCUT2D eigenvalue weighted by Crippen LogP contribution is -2.31. The quantitative estimate of drug-likeness (QED) is 0.481. The lowest BCUT2D eigenvalue weighted by molar-refractivity contribution is -0.116. The highest BCUT2D eigenvalue weighted by Crippen LogP contribution is 2.35. The molecule has 2 N–H and O–H groups in total. The fraction of sp³-hybridized carbons (Fsp3) is 0.316. The van der Waals surface area contributed by atoms with E-state index in [1.165, 1.54) is 11.8 Å². The number of benzene rings is 1. The molecular formula is C19H19N3O3S. The van der Waals surface area contributed by atoms with Gasteiger partial charge in [0.05, 0.1) is 17.4 Å². The molecule has 0 aliphatic carbocycles. The molecule has 26 heavy (non-hydrogen) atoms. The summed E-state index contributed by atoms with van der Waals surface area (Å²) in [6.07, 6.45) is 5.51. The molecule has 0 fully saturated rings. The maximum absolute atomic E-state index is 12.6. The standard InChI is InChI=1S/C19H19N3O3S/c1-4-9-26-19-21-17-16(18(24)22-19)14(10-15(23)20-17)12-5-7-13(8-6-12)25-11(2)3/h1,5-8,11,14H,9-10H2,2-3H3,(H2,20,21,22,23,24)/t14-/m1/s1. The van der Waals surface area contributed by atoms with Crippen LogP contribution >= 0.6 is 11.8 Å². The highest BCUT2D eigenvalue weighted by atomic mass is 32.2. The van der Waals surface area contributed by atoms with Gasteiger partial charge in [0.15, 0.2) is 5.16 Å². The molecule has 1 atom stereocenters. The number of anilines is 1. The second-order valence-corrected chi connectivity index (χ2v) is 7.13. The molecule has 0 bridgehead atoms. The zero-order valence-electron chi connectivity index (χ0n) is 14.5. The van der Waals surface area contributed by atoms with Crippen molar-refractivity contribution in [1.29, 1.82) is 0 Å². The van der Waals surface area contributed by atoms with Gasteiger partial charge in [-0.2, -0.15) is 0 Å². The van der Waals surface area contributed by atoms with E-state index < -0.39 is 0 Å². The van der Waals surface area contributed by atoms with Gasteiger partial charge in [-0.25, -0.2) is 4.98 Å². The van der Waals surface area contributed by atoms with Crippen LogP contribution < -0.4 is 15.6 Å². The lowest BCUT2D eigenvalue weighted by Gasteiger charge is -2.24. The molecular weight excluding hydrogens is 350 g/mol. The van der Waals surface area contributed by atoms with Gasteiger partial charge in [-0.15, -0.1) is 6.42 Å². The number of amides is 1. The van der Waals surface area contributed by atoms with Gasteiger partial charge in [0.1, 0.15) is 11.6 Å². The molecule has 6 nitrogen and oxygen atoms in total. The van der Waals surface area contributed by atoms with Crippen LogP contribution in [0.1, 0.15) is 37.3 Å². The summed E-state index contributed by atoms with van der Waals surface area (Å²) in [5, 5.41) is 3.09. The highest BCUT2D eigenvalue weighted by molar-refractivity contribution is 7.99. The zero-order valence-corrected chi connectivity index (χ0v) is 15.4. The molecule has 3 rings (SSSR count). The van der Waals surface area contributed by atoms with Gasteiger partial charge in [0.2, 0.25) is 5.91 Å². The minimum absolute atomic E-state index is 0.0769. The van der Waals surface area contributed by atoms with Crippen molar-refractivity contribution in [2.24, 2.45) is 0 Å². The maximum atomic E-state index is 12.6. The summed E-state index contributed by atoms with van der Waals surface area (Å²) in [7, 11) is 0. The Balaban J connectivity index is 1.97. The van der Waals surface area contributed by atoms with Crippen LogP contribution in [0.3, 0.4) is 0 Å². The number of hydrogen-bond donors (Lipinski definition) is 2. The van der Waals surface area contributed by atoms with Gasteiger partial charge in [0, 0.05) is 12.3 Å². The second kappa shape index (κ2) is 7.67. The van der Waals surface area contributed by atoms with E-state index in [-0.39, 0.29) is 29.9 Å². The number of ether oxygens (including phenoxy) is 1. The number of thioether (sulfide) groups is 1. The Morgan fingerprint density at radius 1 is 1.35 bits per heavy atom. The Labute approximate surface area is 155 Å². The van der Waals surface area contributed by atoms with Crippen molar-refractivity contribution in [2.75, 3.05) is 11.1 Å². The van der Waals surface area contributed by atoms with E-state index in [2.05, 4.69) is 21.2 Å². The number of carbonyl (C=O) groups is 1. The molecule has 1 aromatic heterocycles. The molecule has 2 aromatic rings. The third-order valence-corrected chi connectivity index (χ3v) is 4.65. The smallest absolute Gasteiger partial charge is 0.257 e. The normalized spacial score (nSPS) is 15.9. The Morgan fingerprint density at radius 3 is 2.73 bits per heavy atom. The summed E-state index contributed by atoms with van der Waals surface area (Å²) in [5.41, 5.74) is 1.07. The minimum atomic E-state index is -0.352. The van der Waals surface area contributed by atoms with E-state index in [9.17, 15) is 9.59 Å². The number of carbonyl (C=O) groups excluding carboxylic acids is 1. The van der Waals surface area contributed by atoms with Gasteiger partial charge < -0.3 is 15.0 Å². The average molecular weight is 369 g/mol. The molecule has 1 aliphatic heterocycles. The van der Waals surface area contributed by atoms with Gasteiger partial charge >= 0.3 is 0 Å². The summed E-state index contributed by atoms with van der Waals surface area (Å²) in [4.78, 5) is 31.8. The highest BCUT2D eigenvalue weighted by Gasteiger charge is 2.30. The molecule has 1 amide bonds. The van der Waals surface area contributed by atoms with Crippen LogP contribution in [0.5, 0.6) is 5.75 Å². The van der Waals surface area contributed by atoms with Crippen LogP contribution in [-0.2, 0) is 4.79 Å². The van der Waals surface area contributed by atoms with Gasteiger partial charge in [-0.1, -0.05) is 29.8 Å². The molecule has 1 aromatic carbocycles. The second-order valence-electron chi connectivity index (χ2n) is 6.17. The van der Waals surface area contributed by atoms with Crippen molar-refractivity contribution >= 4 is 23.5 Å². The average Bonchev–Trinajstić information content (AvgIpc) is 2.59. The third kappa shape index (κ3) is 3.92. The summed E-state index contributed by atoms with van der Waals surface area (Å²) in [5.74, 6) is 3.39. The van der Waals surface area contributed by atoms with Crippen molar-refractivity contribution in [1.82, 2.24) is 9.97 Å². The van der Waals surface area contributed by atoms with Crippen molar-refractivity contribution in [3.8, 4) is 18.1 Å². The monoisotopic (exact) mass is 369 g/mol. The molecule has 0 spiro atoms. The first kappa shape index (κ1) is 18.1. The fourth-order valence-corrected chi connectivity index (χ4v) is 3.41.